The lowest BCUT2D eigenvalue weighted by atomic mass is 9.89. The van der Waals surface area contributed by atoms with Gasteiger partial charge in [0.05, 0.1) is 6.04 Å². The molecule has 1 aliphatic rings. The van der Waals surface area contributed by atoms with Gasteiger partial charge < -0.3 is 5.32 Å². The molecule has 1 heterocycles. The average Bonchev–Trinajstić information content (AvgIpc) is 3.14. The third-order valence-corrected chi connectivity index (χ3v) is 9.52. The standard InChI is InChI=1S/C44H32N2/c1-2-13-33(14-3-1)44-45-41(32-23-21-31(22-24-32)36-20-10-16-29-11-4-7-17-35(29)36)28-42(46-44)43-38-19-9-6-15-34(38)27-40-37-18-8-5-12-30(37)25-26-39(40)43/h1-28,41,44-46H. The Morgan fingerprint density at radius 1 is 0.413 bits per heavy atom. The molecule has 8 aromatic rings. The van der Waals surface area contributed by atoms with Gasteiger partial charge in [0.2, 0.25) is 0 Å². The summed E-state index contributed by atoms with van der Waals surface area (Å²) >= 11 is 0. The molecule has 0 aliphatic carbocycles. The minimum Gasteiger partial charge on any atom is -0.366 e. The number of hydrogen-bond donors (Lipinski definition) is 2. The van der Waals surface area contributed by atoms with Crippen LogP contribution in [-0.2, 0) is 0 Å². The lowest BCUT2D eigenvalue weighted by molar-refractivity contribution is 0.443. The molecule has 2 heteroatoms. The van der Waals surface area contributed by atoms with E-state index in [4.69, 9.17) is 0 Å². The van der Waals surface area contributed by atoms with E-state index in [9.17, 15) is 0 Å². The number of nitrogens with one attached hydrogen (secondary N) is 2. The molecule has 2 atom stereocenters. The first-order valence-corrected chi connectivity index (χ1v) is 16.0. The van der Waals surface area contributed by atoms with Gasteiger partial charge in [-0.25, -0.2) is 0 Å². The fraction of sp³-hybridized carbons (Fsp3) is 0.0455. The van der Waals surface area contributed by atoms with Crippen molar-refractivity contribution in [3.63, 3.8) is 0 Å². The lowest BCUT2D eigenvalue weighted by Crippen LogP contribution is -2.39. The minimum absolute atomic E-state index is 0.0116. The molecule has 1 aliphatic heterocycles. The van der Waals surface area contributed by atoms with E-state index in [1.807, 2.05) is 0 Å². The van der Waals surface area contributed by atoms with E-state index in [1.54, 1.807) is 0 Å². The van der Waals surface area contributed by atoms with Crippen molar-refractivity contribution >= 4 is 48.8 Å². The molecular formula is C44H32N2. The van der Waals surface area contributed by atoms with Crippen LogP contribution in [0.4, 0.5) is 0 Å². The summed E-state index contributed by atoms with van der Waals surface area (Å²) < 4.78 is 0. The molecule has 0 radical (unpaired) electrons. The van der Waals surface area contributed by atoms with Crippen molar-refractivity contribution in [2.45, 2.75) is 12.2 Å². The summed E-state index contributed by atoms with van der Waals surface area (Å²) in [4.78, 5) is 0. The van der Waals surface area contributed by atoms with Crippen LogP contribution in [0.5, 0.6) is 0 Å². The van der Waals surface area contributed by atoms with Crippen molar-refractivity contribution < 1.29 is 0 Å². The van der Waals surface area contributed by atoms with Crippen LogP contribution in [0.25, 0.3) is 59.9 Å². The van der Waals surface area contributed by atoms with Gasteiger partial charge in [-0.3, -0.25) is 5.32 Å². The Bertz CT molecular complexity index is 2420. The molecule has 0 spiro atoms. The maximum absolute atomic E-state index is 3.93. The minimum atomic E-state index is -0.0570. The van der Waals surface area contributed by atoms with Crippen LogP contribution in [0.1, 0.15) is 28.9 Å². The van der Waals surface area contributed by atoms with E-state index in [0.717, 1.165) is 5.70 Å². The normalized spacial score (nSPS) is 16.5. The van der Waals surface area contributed by atoms with Gasteiger partial charge in [0.15, 0.2) is 0 Å². The van der Waals surface area contributed by atoms with Gasteiger partial charge in [0.1, 0.15) is 6.17 Å². The van der Waals surface area contributed by atoms with Crippen LogP contribution in [0.2, 0.25) is 0 Å². The van der Waals surface area contributed by atoms with E-state index in [-0.39, 0.29) is 12.2 Å². The molecular weight excluding hydrogens is 556 g/mol. The highest BCUT2D eigenvalue weighted by Crippen LogP contribution is 2.40. The van der Waals surface area contributed by atoms with Crippen molar-refractivity contribution in [3.8, 4) is 11.1 Å². The highest BCUT2D eigenvalue weighted by molar-refractivity contribution is 6.17. The Balaban J connectivity index is 1.21. The first-order valence-electron chi connectivity index (χ1n) is 16.0. The van der Waals surface area contributed by atoms with Crippen LogP contribution in [-0.4, -0.2) is 0 Å². The van der Waals surface area contributed by atoms with Gasteiger partial charge in [-0.1, -0.05) is 158 Å². The van der Waals surface area contributed by atoms with Crippen LogP contribution in [0, 0.1) is 0 Å². The fourth-order valence-corrected chi connectivity index (χ4v) is 7.27. The van der Waals surface area contributed by atoms with Crippen molar-refractivity contribution in [2.24, 2.45) is 0 Å². The molecule has 9 rings (SSSR count). The second-order valence-electron chi connectivity index (χ2n) is 12.2. The maximum atomic E-state index is 3.93. The molecule has 0 saturated heterocycles. The van der Waals surface area contributed by atoms with Crippen LogP contribution < -0.4 is 10.6 Å². The number of rotatable bonds is 4. The van der Waals surface area contributed by atoms with Crippen molar-refractivity contribution in [1.82, 2.24) is 10.6 Å². The smallest absolute Gasteiger partial charge is 0.104 e. The Morgan fingerprint density at radius 2 is 1.07 bits per heavy atom. The Morgan fingerprint density at radius 3 is 1.87 bits per heavy atom. The monoisotopic (exact) mass is 588 g/mol. The maximum Gasteiger partial charge on any atom is 0.104 e. The number of hydrogen-bond acceptors (Lipinski definition) is 2. The molecule has 0 fully saturated rings. The summed E-state index contributed by atoms with van der Waals surface area (Å²) in [6.07, 6.45) is 2.32. The van der Waals surface area contributed by atoms with E-state index in [1.165, 1.54) is 70.9 Å². The quantitative estimate of drug-likeness (QED) is 0.158. The van der Waals surface area contributed by atoms with Gasteiger partial charge in [0, 0.05) is 11.3 Å². The van der Waals surface area contributed by atoms with Gasteiger partial charge >= 0.3 is 0 Å². The largest absolute Gasteiger partial charge is 0.366 e. The van der Waals surface area contributed by atoms with Crippen molar-refractivity contribution in [2.75, 3.05) is 0 Å². The molecule has 8 aromatic carbocycles. The topological polar surface area (TPSA) is 24.1 Å². The molecule has 46 heavy (non-hydrogen) atoms. The molecule has 0 saturated carbocycles. The zero-order valence-electron chi connectivity index (χ0n) is 25.3. The SMILES string of the molecule is C1=C(c2c3ccccc3cc3c2ccc2ccccc23)NC(c2ccccc2)NC1c1ccc(-c2cccc3ccccc23)cc1. The average molecular weight is 589 g/mol. The summed E-state index contributed by atoms with van der Waals surface area (Å²) in [5.74, 6) is 0. The number of benzene rings is 8. The molecule has 2 nitrogen and oxygen atoms in total. The van der Waals surface area contributed by atoms with E-state index in [2.05, 4.69) is 181 Å². The Labute approximate surface area is 268 Å². The molecule has 0 amide bonds. The molecule has 218 valence electrons. The third kappa shape index (κ3) is 4.54. The van der Waals surface area contributed by atoms with Gasteiger partial charge in [-0.2, -0.15) is 0 Å². The summed E-state index contributed by atoms with van der Waals surface area (Å²) in [7, 11) is 0. The first-order chi connectivity index (χ1) is 22.8. The molecule has 2 unspecified atom stereocenters. The fourth-order valence-electron chi connectivity index (χ4n) is 7.27. The van der Waals surface area contributed by atoms with Crippen LogP contribution >= 0.6 is 0 Å². The van der Waals surface area contributed by atoms with E-state index in [0.29, 0.717) is 0 Å². The molecule has 0 bridgehead atoms. The van der Waals surface area contributed by atoms with Crippen molar-refractivity contribution in [3.05, 3.63) is 187 Å². The summed E-state index contributed by atoms with van der Waals surface area (Å²) in [5, 5.41) is 18.0. The predicted octanol–water partition coefficient (Wildman–Crippen LogP) is 10.9. The summed E-state index contributed by atoms with van der Waals surface area (Å²) in [6, 6.07) is 59.4. The predicted molar refractivity (Wildman–Crippen MR) is 195 cm³/mol. The Hall–Kier alpha value is -5.70. The highest BCUT2D eigenvalue weighted by atomic mass is 15.2. The second kappa shape index (κ2) is 11.0. The third-order valence-electron chi connectivity index (χ3n) is 9.52. The molecule has 0 aromatic heterocycles. The summed E-state index contributed by atoms with van der Waals surface area (Å²) in [5.41, 5.74) is 7.33. The summed E-state index contributed by atoms with van der Waals surface area (Å²) in [6.45, 7) is 0. The lowest BCUT2D eigenvalue weighted by Gasteiger charge is -2.34. The zero-order chi connectivity index (χ0) is 30.5. The van der Waals surface area contributed by atoms with Crippen molar-refractivity contribution in [1.29, 1.82) is 0 Å². The highest BCUT2D eigenvalue weighted by Gasteiger charge is 2.26. The van der Waals surface area contributed by atoms with E-state index < -0.39 is 0 Å². The van der Waals surface area contributed by atoms with Crippen LogP contribution in [0.3, 0.4) is 0 Å². The van der Waals surface area contributed by atoms with Gasteiger partial charge in [-0.15, -0.1) is 0 Å². The zero-order valence-corrected chi connectivity index (χ0v) is 25.3. The van der Waals surface area contributed by atoms with Gasteiger partial charge in [0.25, 0.3) is 0 Å². The van der Waals surface area contributed by atoms with Crippen LogP contribution in [0.15, 0.2) is 170 Å². The van der Waals surface area contributed by atoms with E-state index >= 15 is 0 Å². The van der Waals surface area contributed by atoms with Gasteiger partial charge in [-0.05, 0) is 77.5 Å². The number of fused-ring (bicyclic) bond motifs is 5. The first kappa shape index (κ1) is 26.7. The molecule has 2 N–H and O–H groups in total. The second-order valence-corrected chi connectivity index (χ2v) is 12.2. The Kier molecular flexibility index (Phi) is 6.40.